The SMILES string of the molecule is C=CCCCCCC(N)c1ccc(Br)c(C)c1. The van der Waals surface area contributed by atoms with Crippen molar-refractivity contribution in [3.63, 3.8) is 0 Å². The molecule has 17 heavy (non-hydrogen) atoms. The maximum atomic E-state index is 6.19. The Hall–Kier alpha value is -0.600. The molecule has 1 aromatic carbocycles. The summed E-state index contributed by atoms with van der Waals surface area (Å²) < 4.78 is 1.15. The highest BCUT2D eigenvalue weighted by molar-refractivity contribution is 9.10. The molecule has 0 bridgehead atoms. The molecule has 1 rings (SSSR count). The van der Waals surface area contributed by atoms with Crippen LogP contribution in [0.5, 0.6) is 0 Å². The van der Waals surface area contributed by atoms with Crippen molar-refractivity contribution in [3.8, 4) is 0 Å². The zero-order valence-electron chi connectivity index (χ0n) is 10.6. The number of rotatable bonds is 7. The second-order valence-electron chi connectivity index (χ2n) is 4.54. The van der Waals surface area contributed by atoms with Gasteiger partial charge in [0.05, 0.1) is 0 Å². The molecule has 0 radical (unpaired) electrons. The van der Waals surface area contributed by atoms with Crippen LogP contribution < -0.4 is 5.73 Å². The van der Waals surface area contributed by atoms with Crippen LogP contribution in [0, 0.1) is 6.92 Å². The first-order valence-corrected chi connectivity index (χ1v) is 7.07. The molecule has 0 aliphatic carbocycles. The average molecular weight is 296 g/mol. The topological polar surface area (TPSA) is 26.0 Å². The minimum Gasteiger partial charge on any atom is -0.324 e. The van der Waals surface area contributed by atoms with Gasteiger partial charge in [0.25, 0.3) is 0 Å². The van der Waals surface area contributed by atoms with Gasteiger partial charge in [0.1, 0.15) is 0 Å². The van der Waals surface area contributed by atoms with E-state index in [9.17, 15) is 0 Å². The summed E-state index contributed by atoms with van der Waals surface area (Å²) in [4.78, 5) is 0. The lowest BCUT2D eigenvalue weighted by Gasteiger charge is -2.13. The fraction of sp³-hybridized carbons (Fsp3) is 0.467. The summed E-state index contributed by atoms with van der Waals surface area (Å²) in [6, 6.07) is 6.55. The molecule has 0 aliphatic heterocycles. The van der Waals surface area contributed by atoms with Gasteiger partial charge in [-0.3, -0.25) is 0 Å². The average Bonchev–Trinajstić information content (AvgIpc) is 2.32. The number of halogens is 1. The first-order valence-electron chi connectivity index (χ1n) is 6.27. The van der Waals surface area contributed by atoms with Crippen molar-refractivity contribution in [2.45, 2.75) is 45.1 Å². The summed E-state index contributed by atoms with van der Waals surface area (Å²) in [5.41, 5.74) is 8.69. The summed E-state index contributed by atoms with van der Waals surface area (Å²) in [7, 11) is 0. The van der Waals surface area contributed by atoms with E-state index >= 15 is 0 Å². The molecule has 1 atom stereocenters. The number of hydrogen-bond donors (Lipinski definition) is 1. The molecule has 0 aromatic heterocycles. The monoisotopic (exact) mass is 295 g/mol. The van der Waals surface area contributed by atoms with Gasteiger partial charge < -0.3 is 5.73 Å². The molecule has 0 aliphatic rings. The minimum absolute atomic E-state index is 0.172. The van der Waals surface area contributed by atoms with E-state index in [1.807, 2.05) is 6.08 Å². The summed E-state index contributed by atoms with van der Waals surface area (Å²) in [5.74, 6) is 0. The normalized spacial score (nSPS) is 12.4. The van der Waals surface area contributed by atoms with Crippen LogP contribution in [-0.2, 0) is 0 Å². The zero-order valence-corrected chi connectivity index (χ0v) is 12.2. The highest BCUT2D eigenvalue weighted by atomic mass is 79.9. The number of allylic oxidation sites excluding steroid dienone is 1. The van der Waals surface area contributed by atoms with Gasteiger partial charge in [0.15, 0.2) is 0 Å². The molecule has 1 unspecified atom stereocenters. The van der Waals surface area contributed by atoms with Crippen LogP contribution >= 0.6 is 15.9 Å². The number of nitrogens with two attached hydrogens (primary N) is 1. The van der Waals surface area contributed by atoms with Gasteiger partial charge in [0, 0.05) is 10.5 Å². The molecule has 2 heteroatoms. The van der Waals surface area contributed by atoms with E-state index in [1.165, 1.54) is 30.4 Å². The lowest BCUT2D eigenvalue weighted by atomic mass is 9.99. The standard InChI is InChI=1S/C15H22BrN/c1-3-4-5-6-7-8-15(17)13-9-10-14(16)12(2)11-13/h3,9-11,15H,1,4-8,17H2,2H3. The van der Waals surface area contributed by atoms with E-state index in [-0.39, 0.29) is 6.04 Å². The largest absolute Gasteiger partial charge is 0.324 e. The lowest BCUT2D eigenvalue weighted by molar-refractivity contribution is 0.572. The number of aryl methyl sites for hydroxylation is 1. The van der Waals surface area contributed by atoms with Gasteiger partial charge >= 0.3 is 0 Å². The van der Waals surface area contributed by atoms with Crippen LogP contribution in [0.3, 0.4) is 0 Å². The molecule has 1 nitrogen and oxygen atoms in total. The minimum atomic E-state index is 0.172. The Morgan fingerprint density at radius 3 is 2.76 bits per heavy atom. The predicted octanol–water partition coefficient (Wildman–Crippen LogP) is 4.89. The molecule has 94 valence electrons. The Balaban J connectivity index is 2.38. The Morgan fingerprint density at radius 1 is 1.35 bits per heavy atom. The summed E-state index contributed by atoms with van der Waals surface area (Å²) in [6.45, 7) is 5.83. The van der Waals surface area contributed by atoms with Crippen LogP contribution in [-0.4, -0.2) is 0 Å². The molecule has 0 saturated carbocycles. The Kier molecular flexibility index (Phi) is 6.53. The fourth-order valence-corrected chi connectivity index (χ4v) is 2.14. The van der Waals surface area contributed by atoms with Crippen LogP contribution in [0.25, 0.3) is 0 Å². The van der Waals surface area contributed by atoms with Gasteiger partial charge in [-0.1, -0.05) is 47.0 Å². The van der Waals surface area contributed by atoms with E-state index in [4.69, 9.17) is 5.73 Å². The second kappa shape index (κ2) is 7.67. The summed E-state index contributed by atoms with van der Waals surface area (Å²) >= 11 is 3.51. The molecule has 2 N–H and O–H groups in total. The van der Waals surface area contributed by atoms with Crippen molar-refractivity contribution < 1.29 is 0 Å². The third-order valence-corrected chi connectivity index (χ3v) is 3.92. The smallest absolute Gasteiger partial charge is 0.0294 e. The summed E-state index contributed by atoms with van der Waals surface area (Å²) in [5, 5.41) is 0. The molecular formula is C15H22BrN. The molecule has 0 spiro atoms. The van der Waals surface area contributed by atoms with Gasteiger partial charge in [0.2, 0.25) is 0 Å². The number of unbranched alkanes of at least 4 members (excludes halogenated alkanes) is 3. The molecule has 0 saturated heterocycles. The third-order valence-electron chi connectivity index (χ3n) is 3.03. The van der Waals surface area contributed by atoms with Crippen molar-refractivity contribution in [1.82, 2.24) is 0 Å². The van der Waals surface area contributed by atoms with Crippen molar-refractivity contribution in [3.05, 3.63) is 46.5 Å². The highest BCUT2D eigenvalue weighted by Crippen LogP contribution is 2.23. The van der Waals surface area contributed by atoms with Gasteiger partial charge in [-0.05, 0) is 43.4 Å². The molecule has 1 aromatic rings. The maximum absolute atomic E-state index is 6.19. The molecular weight excluding hydrogens is 274 g/mol. The molecule has 0 heterocycles. The second-order valence-corrected chi connectivity index (χ2v) is 5.40. The van der Waals surface area contributed by atoms with Gasteiger partial charge in [-0.2, -0.15) is 0 Å². The van der Waals surface area contributed by atoms with Crippen molar-refractivity contribution in [1.29, 1.82) is 0 Å². The number of hydrogen-bond acceptors (Lipinski definition) is 1. The van der Waals surface area contributed by atoms with E-state index in [0.29, 0.717) is 0 Å². The highest BCUT2D eigenvalue weighted by Gasteiger charge is 2.06. The first kappa shape index (κ1) is 14.5. The first-order chi connectivity index (χ1) is 8.15. The van der Waals surface area contributed by atoms with Gasteiger partial charge in [-0.15, -0.1) is 6.58 Å². The zero-order chi connectivity index (χ0) is 12.7. The van der Waals surface area contributed by atoms with Crippen LogP contribution in [0.4, 0.5) is 0 Å². The van der Waals surface area contributed by atoms with Crippen LogP contribution in [0.2, 0.25) is 0 Å². The van der Waals surface area contributed by atoms with Gasteiger partial charge in [-0.25, -0.2) is 0 Å². The Labute approximate surface area is 113 Å². The van der Waals surface area contributed by atoms with E-state index in [2.05, 4.69) is 47.6 Å². The maximum Gasteiger partial charge on any atom is 0.0294 e. The van der Waals surface area contributed by atoms with Crippen LogP contribution in [0.1, 0.15) is 49.3 Å². The summed E-state index contributed by atoms with van der Waals surface area (Å²) in [6.07, 6.45) is 7.85. The number of benzene rings is 1. The van der Waals surface area contributed by atoms with Crippen molar-refractivity contribution >= 4 is 15.9 Å². The Morgan fingerprint density at radius 2 is 2.12 bits per heavy atom. The third kappa shape index (κ3) is 5.05. The van der Waals surface area contributed by atoms with E-state index < -0.39 is 0 Å². The fourth-order valence-electron chi connectivity index (χ4n) is 1.89. The quantitative estimate of drug-likeness (QED) is 0.562. The predicted molar refractivity (Wildman–Crippen MR) is 79.1 cm³/mol. The molecule has 0 fully saturated rings. The van der Waals surface area contributed by atoms with E-state index in [0.717, 1.165) is 17.3 Å². The van der Waals surface area contributed by atoms with Crippen molar-refractivity contribution in [2.24, 2.45) is 5.73 Å². The molecule has 0 amide bonds. The van der Waals surface area contributed by atoms with Crippen molar-refractivity contribution in [2.75, 3.05) is 0 Å². The van der Waals surface area contributed by atoms with Crippen LogP contribution in [0.15, 0.2) is 35.3 Å². The Bertz CT molecular complexity index is 360. The van der Waals surface area contributed by atoms with E-state index in [1.54, 1.807) is 0 Å². The lowest BCUT2D eigenvalue weighted by Crippen LogP contribution is -2.10.